The summed E-state index contributed by atoms with van der Waals surface area (Å²) < 4.78 is 0. The number of benzene rings is 2. The maximum absolute atomic E-state index is 13.3. The van der Waals surface area contributed by atoms with Gasteiger partial charge in [0.2, 0.25) is 0 Å². The summed E-state index contributed by atoms with van der Waals surface area (Å²) in [6.07, 6.45) is 3.43. The monoisotopic (exact) mass is 305 g/mol. The average Bonchev–Trinajstić information content (AvgIpc) is 3.24. The molecular weight excluding hydrogens is 286 g/mol. The third-order valence-electron chi connectivity index (χ3n) is 4.81. The zero-order chi connectivity index (χ0) is 15.7. The number of nitrogens with one attached hydrogen (secondary N) is 2. The van der Waals surface area contributed by atoms with Gasteiger partial charge in [0.1, 0.15) is 0 Å². The number of rotatable bonds is 4. The van der Waals surface area contributed by atoms with Crippen molar-refractivity contribution in [2.75, 3.05) is 13.1 Å². The molecule has 1 fully saturated rings. The lowest BCUT2D eigenvalue weighted by molar-refractivity contribution is 0.0816. The predicted molar refractivity (Wildman–Crippen MR) is 90.5 cm³/mol. The lowest BCUT2D eigenvalue weighted by atomic mass is 9.74. The van der Waals surface area contributed by atoms with Gasteiger partial charge in [-0.15, -0.1) is 0 Å². The minimum absolute atomic E-state index is 0.231. The fourth-order valence-corrected chi connectivity index (χ4v) is 3.55. The molecule has 2 heterocycles. The average molecular weight is 305 g/mol. The zero-order valence-corrected chi connectivity index (χ0v) is 12.9. The maximum Gasteiger partial charge on any atom is 0.170 e. The molecule has 1 aliphatic heterocycles. The summed E-state index contributed by atoms with van der Waals surface area (Å²) in [4.78, 5) is 13.3. The van der Waals surface area contributed by atoms with Crippen LogP contribution in [0.5, 0.6) is 0 Å². The molecule has 3 aromatic rings. The first-order chi connectivity index (χ1) is 11.3. The summed E-state index contributed by atoms with van der Waals surface area (Å²) in [5, 5.41) is 11.3. The number of aromatic amines is 1. The van der Waals surface area contributed by atoms with E-state index < -0.39 is 0 Å². The minimum Gasteiger partial charge on any atom is -0.316 e. The molecular formula is C19H19N3O. The summed E-state index contributed by atoms with van der Waals surface area (Å²) in [6.45, 7) is 1.64. The van der Waals surface area contributed by atoms with Crippen LogP contribution in [-0.2, 0) is 6.42 Å². The first-order valence-electron chi connectivity index (χ1n) is 7.99. The maximum atomic E-state index is 13.3. The third kappa shape index (κ3) is 2.55. The van der Waals surface area contributed by atoms with E-state index in [0.717, 1.165) is 42.4 Å². The topological polar surface area (TPSA) is 57.8 Å². The molecule has 0 radical (unpaired) electrons. The number of hydrogen-bond donors (Lipinski definition) is 2. The second-order valence-corrected chi connectivity index (χ2v) is 6.37. The molecule has 4 rings (SSSR count). The molecule has 1 atom stereocenters. The molecule has 4 heteroatoms. The molecule has 0 bridgehead atoms. The Hall–Kier alpha value is -2.46. The van der Waals surface area contributed by atoms with Crippen molar-refractivity contribution >= 4 is 16.7 Å². The minimum atomic E-state index is -0.348. The van der Waals surface area contributed by atoms with Gasteiger partial charge in [-0.2, -0.15) is 5.10 Å². The molecule has 116 valence electrons. The standard InChI is InChI=1S/C19H19N3O/c23-18(15-6-7-17-16(10-15)12-21-22-17)19(8-9-20-13-19)11-14-4-2-1-3-5-14/h1-7,10,12,20H,8-9,11,13H2,(H,21,22). The molecule has 0 amide bonds. The third-order valence-corrected chi connectivity index (χ3v) is 4.81. The highest BCUT2D eigenvalue weighted by molar-refractivity contribution is 6.03. The van der Waals surface area contributed by atoms with Gasteiger partial charge in [0.25, 0.3) is 0 Å². The molecule has 1 aromatic heterocycles. The Kier molecular flexibility index (Phi) is 3.46. The molecule has 0 saturated carbocycles. The van der Waals surface area contributed by atoms with Crippen LogP contribution >= 0.6 is 0 Å². The molecule has 4 nitrogen and oxygen atoms in total. The van der Waals surface area contributed by atoms with Gasteiger partial charge in [-0.05, 0) is 43.1 Å². The largest absolute Gasteiger partial charge is 0.316 e. The summed E-state index contributed by atoms with van der Waals surface area (Å²) in [7, 11) is 0. The first kappa shape index (κ1) is 14.2. The van der Waals surface area contributed by atoms with E-state index in [0.29, 0.717) is 0 Å². The van der Waals surface area contributed by atoms with E-state index in [1.54, 1.807) is 6.20 Å². The number of nitrogens with zero attached hydrogens (tertiary/aromatic N) is 1. The highest BCUT2D eigenvalue weighted by atomic mass is 16.1. The SMILES string of the molecule is O=C(c1ccc2[nH]ncc2c1)C1(Cc2ccccc2)CCNC1. The summed E-state index contributed by atoms with van der Waals surface area (Å²) in [5.74, 6) is 0.231. The van der Waals surface area contributed by atoms with Crippen molar-refractivity contribution in [3.05, 3.63) is 65.9 Å². The van der Waals surface area contributed by atoms with Gasteiger partial charge in [0, 0.05) is 17.5 Å². The molecule has 1 saturated heterocycles. The molecule has 23 heavy (non-hydrogen) atoms. The lowest BCUT2D eigenvalue weighted by Gasteiger charge is -2.27. The highest BCUT2D eigenvalue weighted by Crippen LogP contribution is 2.34. The Labute approximate surface area is 134 Å². The normalized spacial score (nSPS) is 20.9. The Morgan fingerprint density at radius 3 is 2.83 bits per heavy atom. The van der Waals surface area contributed by atoms with Crippen molar-refractivity contribution in [1.29, 1.82) is 0 Å². The van der Waals surface area contributed by atoms with Crippen molar-refractivity contribution in [1.82, 2.24) is 15.5 Å². The van der Waals surface area contributed by atoms with Crippen LogP contribution in [0.1, 0.15) is 22.3 Å². The molecule has 2 aromatic carbocycles. The van der Waals surface area contributed by atoms with Crippen molar-refractivity contribution in [3.8, 4) is 0 Å². The van der Waals surface area contributed by atoms with Crippen molar-refractivity contribution in [2.24, 2.45) is 5.41 Å². The molecule has 0 spiro atoms. The molecule has 0 aliphatic carbocycles. The molecule has 1 aliphatic rings. The second-order valence-electron chi connectivity index (χ2n) is 6.37. The number of hydrogen-bond acceptors (Lipinski definition) is 3. The van der Waals surface area contributed by atoms with Gasteiger partial charge in [-0.25, -0.2) is 0 Å². The lowest BCUT2D eigenvalue weighted by Crippen LogP contribution is -2.35. The number of carbonyl (C=O) groups is 1. The number of Topliss-reactive ketones (excluding diaryl/α,β-unsaturated/α-hetero) is 1. The number of aromatic nitrogens is 2. The molecule has 1 unspecified atom stereocenters. The molecule has 2 N–H and O–H groups in total. The van der Waals surface area contributed by atoms with Crippen LogP contribution in [0.2, 0.25) is 0 Å². The van der Waals surface area contributed by atoms with Gasteiger partial charge in [0.05, 0.1) is 17.1 Å². The number of carbonyl (C=O) groups excluding carboxylic acids is 1. The zero-order valence-electron chi connectivity index (χ0n) is 12.9. The first-order valence-corrected chi connectivity index (χ1v) is 7.99. The van der Waals surface area contributed by atoms with Crippen LogP contribution in [0, 0.1) is 5.41 Å². The Bertz CT molecular complexity index is 832. The Morgan fingerprint density at radius 2 is 2.04 bits per heavy atom. The number of ketones is 1. The second kappa shape index (κ2) is 5.63. The summed E-state index contributed by atoms with van der Waals surface area (Å²) in [6, 6.07) is 16.1. The highest BCUT2D eigenvalue weighted by Gasteiger charge is 2.41. The van der Waals surface area contributed by atoms with Gasteiger partial charge < -0.3 is 5.32 Å². The summed E-state index contributed by atoms with van der Waals surface area (Å²) in [5.41, 5.74) is 2.61. The van der Waals surface area contributed by atoms with Gasteiger partial charge >= 0.3 is 0 Å². The van der Waals surface area contributed by atoms with Gasteiger partial charge in [-0.1, -0.05) is 30.3 Å². The van der Waals surface area contributed by atoms with E-state index in [1.165, 1.54) is 5.56 Å². The van der Waals surface area contributed by atoms with E-state index in [1.807, 2.05) is 36.4 Å². The van der Waals surface area contributed by atoms with Crippen LogP contribution < -0.4 is 5.32 Å². The Balaban J connectivity index is 1.70. The van der Waals surface area contributed by atoms with E-state index in [9.17, 15) is 4.79 Å². The quantitative estimate of drug-likeness (QED) is 0.729. The van der Waals surface area contributed by atoms with Crippen LogP contribution in [0.15, 0.2) is 54.7 Å². The van der Waals surface area contributed by atoms with Gasteiger partial charge in [0.15, 0.2) is 5.78 Å². The van der Waals surface area contributed by atoms with Crippen LogP contribution in [0.4, 0.5) is 0 Å². The van der Waals surface area contributed by atoms with E-state index >= 15 is 0 Å². The fourth-order valence-electron chi connectivity index (χ4n) is 3.55. The number of fused-ring (bicyclic) bond motifs is 1. The summed E-state index contributed by atoms with van der Waals surface area (Å²) >= 11 is 0. The van der Waals surface area contributed by atoms with Crippen molar-refractivity contribution in [3.63, 3.8) is 0 Å². The van der Waals surface area contributed by atoms with E-state index in [-0.39, 0.29) is 11.2 Å². The van der Waals surface area contributed by atoms with Crippen LogP contribution in [0.25, 0.3) is 10.9 Å². The fraction of sp³-hybridized carbons (Fsp3) is 0.263. The smallest absolute Gasteiger partial charge is 0.170 e. The van der Waals surface area contributed by atoms with Crippen molar-refractivity contribution < 1.29 is 4.79 Å². The van der Waals surface area contributed by atoms with Crippen LogP contribution in [0.3, 0.4) is 0 Å². The van der Waals surface area contributed by atoms with E-state index in [4.69, 9.17) is 0 Å². The van der Waals surface area contributed by atoms with Crippen molar-refractivity contribution in [2.45, 2.75) is 12.8 Å². The van der Waals surface area contributed by atoms with Gasteiger partial charge in [-0.3, -0.25) is 9.89 Å². The van der Waals surface area contributed by atoms with E-state index in [2.05, 4.69) is 27.6 Å². The number of H-pyrrole nitrogens is 1. The Morgan fingerprint density at radius 1 is 1.17 bits per heavy atom. The predicted octanol–water partition coefficient (Wildman–Crippen LogP) is 2.97. The van der Waals surface area contributed by atoms with Crippen LogP contribution in [-0.4, -0.2) is 29.1 Å².